The number of benzene rings is 1. The Balaban J connectivity index is 1.68. The maximum atomic E-state index is 12.6. The summed E-state index contributed by atoms with van der Waals surface area (Å²) in [5, 5.41) is 4.08. The van der Waals surface area contributed by atoms with Gasteiger partial charge in [0.05, 0.1) is 12.6 Å². The number of likely N-dealkylation sites (tertiary alicyclic amines) is 1. The molecule has 2 fully saturated rings. The average molecular weight is 308 g/mol. The van der Waals surface area contributed by atoms with Gasteiger partial charge in [-0.15, -0.1) is 0 Å². The van der Waals surface area contributed by atoms with Gasteiger partial charge in [-0.25, -0.2) is 0 Å². The standard InChI is InChI=1S/C16H22ClN3O/c17-14-5-2-1-4-13(14)15-6-3-9-20(15)16(21)12-19-10-7-18-8-11-19/h1-2,4-5,15,18H,3,6-12H2. The summed E-state index contributed by atoms with van der Waals surface area (Å²) in [7, 11) is 0. The third-order valence-corrected chi connectivity index (χ3v) is 4.75. The van der Waals surface area contributed by atoms with Gasteiger partial charge in [-0.05, 0) is 24.5 Å². The van der Waals surface area contributed by atoms with Gasteiger partial charge >= 0.3 is 0 Å². The summed E-state index contributed by atoms with van der Waals surface area (Å²) in [4.78, 5) is 16.9. The van der Waals surface area contributed by atoms with Crippen LogP contribution in [0.5, 0.6) is 0 Å². The molecular formula is C16H22ClN3O. The molecule has 0 spiro atoms. The number of hydrogen-bond donors (Lipinski definition) is 1. The summed E-state index contributed by atoms with van der Waals surface area (Å²) in [5.41, 5.74) is 1.09. The van der Waals surface area contributed by atoms with Crippen LogP contribution in [0.25, 0.3) is 0 Å². The van der Waals surface area contributed by atoms with E-state index in [2.05, 4.69) is 10.2 Å². The molecule has 4 nitrogen and oxygen atoms in total. The van der Waals surface area contributed by atoms with E-state index in [1.807, 2.05) is 29.2 Å². The van der Waals surface area contributed by atoms with Crippen LogP contribution >= 0.6 is 11.6 Å². The van der Waals surface area contributed by atoms with Gasteiger partial charge in [0.1, 0.15) is 0 Å². The molecule has 0 saturated carbocycles. The lowest BCUT2D eigenvalue weighted by Crippen LogP contribution is -2.48. The minimum Gasteiger partial charge on any atom is -0.334 e. The van der Waals surface area contributed by atoms with Crippen molar-refractivity contribution in [2.24, 2.45) is 0 Å². The van der Waals surface area contributed by atoms with Crippen LogP contribution in [0.15, 0.2) is 24.3 Å². The van der Waals surface area contributed by atoms with Gasteiger partial charge in [0.25, 0.3) is 0 Å². The van der Waals surface area contributed by atoms with E-state index in [1.54, 1.807) is 0 Å². The Hall–Kier alpha value is -1.10. The summed E-state index contributed by atoms with van der Waals surface area (Å²) in [6, 6.07) is 8.04. The van der Waals surface area contributed by atoms with E-state index < -0.39 is 0 Å². The first kappa shape index (κ1) is 14.8. The fourth-order valence-corrected chi connectivity index (χ4v) is 3.55. The first-order valence-electron chi connectivity index (χ1n) is 7.72. The Bertz CT molecular complexity index is 502. The highest BCUT2D eigenvalue weighted by molar-refractivity contribution is 6.31. The van der Waals surface area contributed by atoms with Crippen molar-refractivity contribution in [3.63, 3.8) is 0 Å². The number of carbonyl (C=O) groups is 1. The van der Waals surface area contributed by atoms with E-state index in [0.717, 1.165) is 56.2 Å². The van der Waals surface area contributed by atoms with Gasteiger partial charge in [0.2, 0.25) is 5.91 Å². The van der Waals surface area contributed by atoms with Crippen LogP contribution < -0.4 is 5.32 Å². The molecule has 1 aromatic rings. The van der Waals surface area contributed by atoms with Crippen molar-refractivity contribution >= 4 is 17.5 Å². The van der Waals surface area contributed by atoms with E-state index in [-0.39, 0.29) is 11.9 Å². The molecule has 0 radical (unpaired) electrons. The molecule has 1 atom stereocenters. The normalized spacial score (nSPS) is 23.5. The van der Waals surface area contributed by atoms with E-state index in [9.17, 15) is 4.79 Å². The summed E-state index contributed by atoms with van der Waals surface area (Å²) >= 11 is 6.31. The van der Waals surface area contributed by atoms with Gasteiger partial charge in [0.15, 0.2) is 0 Å². The number of carbonyl (C=O) groups excluding carboxylic acids is 1. The second-order valence-corrected chi connectivity index (χ2v) is 6.20. The van der Waals surface area contributed by atoms with Gasteiger partial charge in [-0.1, -0.05) is 29.8 Å². The maximum Gasteiger partial charge on any atom is 0.237 e. The first-order chi connectivity index (χ1) is 10.3. The number of hydrogen-bond acceptors (Lipinski definition) is 3. The Kier molecular flexibility index (Phi) is 4.78. The number of nitrogens with one attached hydrogen (secondary N) is 1. The van der Waals surface area contributed by atoms with Gasteiger partial charge in [-0.2, -0.15) is 0 Å². The van der Waals surface area contributed by atoms with Gasteiger partial charge in [-0.3, -0.25) is 9.69 Å². The lowest BCUT2D eigenvalue weighted by atomic mass is 10.0. The van der Waals surface area contributed by atoms with E-state index in [1.165, 1.54) is 0 Å². The van der Waals surface area contributed by atoms with Crippen molar-refractivity contribution in [3.8, 4) is 0 Å². The number of piperazine rings is 1. The fraction of sp³-hybridized carbons (Fsp3) is 0.562. The molecule has 2 aliphatic heterocycles. The van der Waals surface area contributed by atoms with Crippen LogP contribution in [0.2, 0.25) is 5.02 Å². The Labute approximate surface area is 131 Å². The molecule has 1 amide bonds. The lowest BCUT2D eigenvalue weighted by Gasteiger charge is -2.31. The molecule has 2 heterocycles. The maximum absolute atomic E-state index is 12.6. The number of amides is 1. The van der Waals surface area contributed by atoms with Crippen LogP contribution in [0, 0.1) is 0 Å². The SMILES string of the molecule is O=C(CN1CCNCC1)N1CCCC1c1ccccc1Cl. The quantitative estimate of drug-likeness (QED) is 0.926. The molecule has 1 N–H and O–H groups in total. The molecular weight excluding hydrogens is 286 g/mol. The number of nitrogens with zero attached hydrogens (tertiary/aromatic N) is 2. The molecule has 5 heteroatoms. The van der Waals surface area contributed by atoms with E-state index in [4.69, 9.17) is 11.6 Å². The minimum atomic E-state index is 0.147. The zero-order chi connectivity index (χ0) is 14.7. The molecule has 0 aliphatic carbocycles. The largest absolute Gasteiger partial charge is 0.334 e. The lowest BCUT2D eigenvalue weighted by molar-refractivity contribution is -0.133. The second kappa shape index (κ2) is 6.77. The van der Waals surface area contributed by atoms with Crippen molar-refractivity contribution in [2.45, 2.75) is 18.9 Å². The van der Waals surface area contributed by atoms with Crippen molar-refractivity contribution in [2.75, 3.05) is 39.3 Å². The van der Waals surface area contributed by atoms with E-state index >= 15 is 0 Å². The van der Waals surface area contributed by atoms with Crippen LogP contribution in [-0.4, -0.2) is 55.0 Å². The Morgan fingerprint density at radius 2 is 2.00 bits per heavy atom. The predicted molar refractivity (Wildman–Crippen MR) is 84.4 cm³/mol. The molecule has 1 unspecified atom stereocenters. The summed E-state index contributed by atoms with van der Waals surface area (Å²) in [6.45, 7) is 5.23. The molecule has 114 valence electrons. The van der Waals surface area contributed by atoms with Gasteiger partial charge < -0.3 is 10.2 Å². The van der Waals surface area contributed by atoms with Crippen molar-refractivity contribution in [1.82, 2.24) is 15.1 Å². The molecule has 0 bridgehead atoms. The number of rotatable bonds is 3. The highest BCUT2D eigenvalue weighted by Crippen LogP contribution is 2.35. The van der Waals surface area contributed by atoms with Crippen LogP contribution in [-0.2, 0) is 4.79 Å². The van der Waals surface area contributed by atoms with Crippen LogP contribution in [0.4, 0.5) is 0 Å². The molecule has 3 rings (SSSR count). The third-order valence-electron chi connectivity index (χ3n) is 4.41. The second-order valence-electron chi connectivity index (χ2n) is 5.79. The van der Waals surface area contributed by atoms with Gasteiger partial charge in [0, 0.05) is 37.7 Å². The monoisotopic (exact) mass is 307 g/mol. The molecule has 2 saturated heterocycles. The molecule has 0 aromatic heterocycles. The summed E-state index contributed by atoms with van der Waals surface area (Å²) in [5.74, 6) is 0.235. The Morgan fingerprint density at radius 1 is 1.24 bits per heavy atom. The first-order valence-corrected chi connectivity index (χ1v) is 8.10. The van der Waals surface area contributed by atoms with Crippen molar-refractivity contribution < 1.29 is 4.79 Å². The fourth-order valence-electron chi connectivity index (χ4n) is 3.29. The topological polar surface area (TPSA) is 35.6 Å². The Morgan fingerprint density at radius 3 is 2.76 bits per heavy atom. The number of halogens is 1. The van der Waals surface area contributed by atoms with Crippen LogP contribution in [0.3, 0.4) is 0 Å². The minimum absolute atomic E-state index is 0.147. The highest BCUT2D eigenvalue weighted by Gasteiger charge is 2.31. The zero-order valence-corrected chi connectivity index (χ0v) is 13.0. The summed E-state index contributed by atoms with van der Waals surface area (Å²) < 4.78 is 0. The average Bonchev–Trinajstić information content (AvgIpc) is 2.98. The molecule has 2 aliphatic rings. The van der Waals surface area contributed by atoms with E-state index in [0.29, 0.717) is 6.54 Å². The molecule has 1 aromatic carbocycles. The van der Waals surface area contributed by atoms with Crippen LogP contribution in [0.1, 0.15) is 24.4 Å². The smallest absolute Gasteiger partial charge is 0.237 e. The highest BCUT2D eigenvalue weighted by atomic mass is 35.5. The zero-order valence-electron chi connectivity index (χ0n) is 12.2. The third kappa shape index (κ3) is 3.39. The predicted octanol–water partition coefficient (Wildman–Crippen LogP) is 1.91. The van der Waals surface area contributed by atoms with Crippen molar-refractivity contribution in [1.29, 1.82) is 0 Å². The molecule has 21 heavy (non-hydrogen) atoms. The summed E-state index contributed by atoms with van der Waals surface area (Å²) in [6.07, 6.45) is 2.07. The van der Waals surface area contributed by atoms with Crippen molar-refractivity contribution in [3.05, 3.63) is 34.9 Å².